The summed E-state index contributed by atoms with van der Waals surface area (Å²) in [6.07, 6.45) is 5.41. The number of halogens is 1. The first-order valence-corrected chi connectivity index (χ1v) is 9.22. The molecule has 3 rings (SSSR count). The van der Waals surface area contributed by atoms with Crippen LogP contribution in [0.2, 0.25) is 5.02 Å². The summed E-state index contributed by atoms with van der Waals surface area (Å²) in [5.74, 6) is 1.04. The van der Waals surface area contributed by atoms with Crippen molar-refractivity contribution in [3.05, 3.63) is 46.6 Å². The Labute approximate surface area is 158 Å². The van der Waals surface area contributed by atoms with Crippen molar-refractivity contribution in [3.8, 4) is 6.07 Å². The summed E-state index contributed by atoms with van der Waals surface area (Å²) in [6.45, 7) is 0.668. The lowest BCUT2D eigenvalue weighted by Crippen LogP contribution is -2.29. The second-order valence-corrected chi connectivity index (χ2v) is 6.96. The van der Waals surface area contributed by atoms with E-state index in [1.165, 1.54) is 6.20 Å². The minimum atomic E-state index is -0.211. The maximum Gasteiger partial charge on any atom is 0.224 e. The van der Waals surface area contributed by atoms with Crippen LogP contribution in [0.1, 0.15) is 36.8 Å². The molecule has 3 N–H and O–H groups in total. The average molecular weight is 372 g/mol. The first kappa shape index (κ1) is 18.4. The predicted octanol–water partition coefficient (Wildman–Crippen LogP) is 3.37. The third-order valence-electron chi connectivity index (χ3n) is 4.53. The molecule has 0 unspecified atom stereocenters. The maximum absolute atomic E-state index is 9.62. The number of aromatic nitrogens is 2. The molecule has 1 saturated carbocycles. The molecular formula is C19H22ClN5O. The zero-order valence-corrected chi connectivity index (χ0v) is 15.2. The molecule has 0 amide bonds. The van der Waals surface area contributed by atoms with Crippen molar-refractivity contribution in [3.63, 3.8) is 0 Å². The second-order valence-electron chi connectivity index (χ2n) is 6.52. The van der Waals surface area contributed by atoms with E-state index >= 15 is 0 Å². The van der Waals surface area contributed by atoms with Crippen LogP contribution >= 0.6 is 11.6 Å². The summed E-state index contributed by atoms with van der Waals surface area (Å²) in [6, 6.07) is 10.1. The van der Waals surface area contributed by atoms with E-state index in [1.54, 1.807) is 0 Å². The highest BCUT2D eigenvalue weighted by molar-refractivity contribution is 6.30. The predicted molar refractivity (Wildman–Crippen MR) is 102 cm³/mol. The fourth-order valence-electron chi connectivity index (χ4n) is 3.08. The fraction of sp³-hybridized carbons (Fsp3) is 0.421. The summed E-state index contributed by atoms with van der Waals surface area (Å²) < 4.78 is 0. The summed E-state index contributed by atoms with van der Waals surface area (Å²) in [5.41, 5.74) is 1.56. The van der Waals surface area contributed by atoms with Crippen LogP contribution in [-0.4, -0.2) is 33.8 Å². The van der Waals surface area contributed by atoms with Crippen LogP contribution in [0.5, 0.6) is 0 Å². The number of benzene rings is 1. The Morgan fingerprint density at radius 3 is 2.81 bits per heavy atom. The van der Waals surface area contributed by atoms with Crippen molar-refractivity contribution < 1.29 is 5.11 Å². The van der Waals surface area contributed by atoms with E-state index in [9.17, 15) is 10.4 Å². The molecule has 1 aromatic heterocycles. The molecule has 1 aliphatic carbocycles. The van der Waals surface area contributed by atoms with Gasteiger partial charge in [-0.1, -0.05) is 23.7 Å². The van der Waals surface area contributed by atoms with Crippen LogP contribution in [0.4, 0.5) is 11.8 Å². The van der Waals surface area contributed by atoms with Crippen LogP contribution in [0, 0.1) is 11.3 Å². The van der Waals surface area contributed by atoms with E-state index in [2.05, 4.69) is 26.7 Å². The molecule has 7 heteroatoms. The van der Waals surface area contributed by atoms with Crippen LogP contribution in [0.3, 0.4) is 0 Å². The second kappa shape index (κ2) is 8.84. The molecule has 0 bridgehead atoms. The Kier molecular flexibility index (Phi) is 6.26. The van der Waals surface area contributed by atoms with Crippen molar-refractivity contribution in [1.82, 2.24) is 9.97 Å². The van der Waals surface area contributed by atoms with Gasteiger partial charge in [-0.05, 0) is 49.8 Å². The lowest BCUT2D eigenvalue weighted by molar-refractivity contribution is 0.126. The van der Waals surface area contributed by atoms with Gasteiger partial charge < -0.3 is 15.7 Å². The molecule has 1 aliphatic rings. The largest absolute Gasteiger partial charge is 0.393 e. The SMILES string of the molecule is N#Cc1cnc(NCCc2cccc(Cl)c2)nc1N[C@H]1CC[C@@H](O)CC1. The smallest absolute Gasteiger partial charge is 0.224 e. The van der Waals surface area contributed by atoms with Crippen LogP contribution < -0.4 is 10.6 Å². The zero-order valence-electron chi connectivity index (χ0n) is 14.5. The maximum atomic E-state index is 9.62. The summed E-state index contributed by atoms with van der Waals surface area (Å²) in [7, 11) is 0. The number of aliphatic hydroxyl groups excluding tert-OH is 1. The highest BCUT2D eigenvalue weighted by Gasteiger charge is 2.20. The Bertz CT molecular complexity index is 784. The lowest BCUT2D eigenvalue weighted by Gasteiger charge is -2.26. The van der Waals surface area contributed by atoms with E-state index in [0.29, 0.717) is 23.9 Å². The first-order chi connectivity index (χ1) is 12.6. The molecule has 0 radical (unpaired) electrons. The minimum absolute atomic E-state index is 0.211. The molecule has 2 aromatic rings. The molecule has 1 fully saturated rings. The van der Waals surface area contributed by atoms with Gasteiger partial charge in [0.2, 0.25) is 5.95 Å². The Morgan fingerprint density at radius 2 is 2.08 bits per heavy atom. The molecule has 0 saturated heterocycles. The van der Waals surface area contributed by atoms with Gasteiger partial charge in [0.1, 0.15) is 17.5 Å². The van der Waals surface area contributed by atoms with Gasteiger partial charge >= 0.3 is 0 Å². The van der Waals surface area contributed by atoms with Crippen molar-refractivity contribution in [1.29, 1.82) is 5.26 Å². The number of hydrogen-bond donors (Lipinski definition) is 3. The van der Waals surface area contributed by atoms with Gasteiger partial charge in [0.05, 0.1) is 12.3 Å². The molecule has 6 nitrogen and oxygen atoms in total. The Hall–Kier alpha value is -2.36. The van der Waals surface area contributed by atoms with Crippen molar-refractivity contribution >= 4 is 23.4 Å². The van der Waals surface area contributed by atoms with E-state index in [4.69, 9.17) is 11.6 Å². The topological polar surface area (TPSA) is 93.9 Å². The minimum Gasteiger partial charge on any atom is -0.393 e. The normalized spacial score (nSPS) is 19.6. The Morgan fingerprint density at radius 1 is 1.27 bits per heavy atom. The van der Waals surface area contributed by atoms with E-state index in [0.717, 1.165) is 42.7 Å². The van der Waals surface area contributed by atoms with Gasteiger partial charge in [-0.2, -0.15) is 10.2 Å². The number of nitriles is 1. The van der Waals surface area contributed by atoms with Crippen LogP contribution in [0.25, 0.3) is 0 Å². The first-order valence-electron chi connectivity index (χ1n) is 8.84. The van der Waals surface area contributed by atoms with Gasteiger partial charge in [-0.15, -0.1) is 0 Å². The molecule has 0 aliphatic heterocycles. The zero-order chi connectivity index (χ0) is 18.4. The van der Waals surface area contributed by atoms with Gasteiger partial charge in [0.25, 0.3) is 0 Å². The third-order valence-corrected chi connectivity index (χ3v) is 4.77. The van der Waals surface area contributed by atoms with Gasteiger partial charge in [0.15, 0.2) is 0 Å². The summed E-state index contributed by atoms with van der Waals surface area (Å²) in [4.78, 5) is 8.67. The van der Waals surface area contributed by atoms with E-state index in [1.807, 2.05) is 24.3 Å². The van der Waals surface area contributed by atoms with Gasteiger partial charge in [-0.25, -0.2) is 4.98 Å². The number of rotatable bonds is 6. The molecule has 1 aromatic carbocycles. The number of nitrogens with one attached hydrogen (secondary N) is 2. The van der Waals surface area contributed by atoms with Crippen molar-refractivity contribution in [2.45, 2.75) is 44.2 Å². The molecule has 0 spiro atoms. The molecule has 1 heterocycles. The van der Waals surface area contributed by atoms with Crippen LogP contribution in [0.15, 0.2) is 30.5 Å². The van der Waals surface area contributed by atoms with Crippen molar-refractivity contribution in [2.24, 2.45) is 0 Å². The number of anilines is 2. The van der Waals surface area contributed by atoms with Gasteiger partial charge in [0, 0.05) is 17.6 Å². The summed E-state index contributed by atoms with van der Waals surface area (Å²) in [5, 5.41) is 26.2. The standard InChI is InChI=1S/C19H22ClN5O/c20-15-3-1-2-13(10-15)8-9-22-19-23-12-14(11-21)18(25-19)24-16-4-6-17(26)7-5-16/h1-3,10,12,16-17,26H,4-9H2,(H2,22,23,24,25)/t16-,17+. The lowest BCUT2D eigenvalue weighted by atomic mass is 9.93. The summed E-state index contributed by atoms with van der Waals surface area (Å²) >= 11 is 6.00. The monoisotopic (exact) mass is 371 g/mol. The molecular weight excluding hydrogens is 350 g/mol. The van der Waals surface area contributed by atoms with E-state index in [-0.39, 0.29) is 12.1 Å². The molecule has 26 heavy (non-hydrogen) atoms. The number of nitrogens with zero attached hydrogens (tertiary/aromatic N) is 3. The number of hydrogen-bond acceptors (Lipinski definition) is 6. The van der Waals surface area contributed by atoms with E-state index < -0.39 is 0 Å². The average Bonchev–Trinajstić information content (AvgIpc) is 2.64. The molecule has 136 valence electrons. The third kappa shape index (κ3) is 5.07. The highest BCUT2D eigenvalue weighted by Crippen LogP contribution is 2.23. The molecule has 0 atom stereocenters. The highest BCUT2D eigenvalue weighted by atomic mass is 35.5. The van der Waals surface area contributed by atoms with Crippen molar-refractivity contribution in [2.75, 3.05) is 17.2 Å². The van der Waals surface area contributed by atoms with Gasteiger partial charge in [-0.3, -0.25) is 0 Å². The number of aliphatic hydroxyl groups is 1. The fourth-order valence-corrected chi connectivity index (χ4v) is 3.30. The van der Waals surface area contributed by atoms with Crippen LogP contribution in [-0.2, 0) is 6.42 Å². The Balaban J connectivity index is 1.60. The quantitative estimate of drug-likeness (QED) is 0.720.